The summed E-state index contributed by atoms with van der Waals surface area (Å²) >= 11 is 0. The third-order valence-corrected chi connectivity index (χ3v) is 3.70. The van der Waals surface area contributed by atoms with Crippen LogP contribution >= 0.6 is 0 Å². The molecule has 3 nitrogen and oxygen atoms in total. The van der Waals surface area contributed by atoms with E-state index in [-0.39, 0.29) is 0 Å². The first-order chi connectivity index (χ1) is 8.76. The lowest BCUT2D eigenvalue weighted by Gasteiger charge is -2.24. The summed E-state index contributed by atoms with van der Waals surface area (Å²) in [6.07, 6.45) is 14.9. The van der Waals surface area contributed by atoms with Crippen molar-refractivity contribution in [3.63, 3.8) is 0 Å². The minimum absolute atomic E-state index is 0.455. The van der Waals surface area contributed by atoms with Gasteiger partial charge in [-0.2, -0.15) is 0 Å². The quantitative estimate of drug-likeness (QED) is 0.446. The Hall–Kier alpha value is -1.17. The average molecular weight is 249 g/mol. The van der Waals surface area contributed by atoms with Gasteiger partial charge < -0.3 is 10.6 Å². The number of rotatable bonds is 5. The largest absolute Gasteiger partial charge is 0.354 e. The number of hydrogen-bond donors (Lipinski definition) is 2. The molecule has 0 radical (unpaired) electrons. The van der Waals surface area contributed by atoms with Crippen LogP contribution in [0.25, 0.3) is 0 Å². The Morgan fingerprint density at radius 3 is 2.72 bits per heavy atom. The van der Waals surface area contributed by atoms with Crippen LogP contribution in [0.5, 0.6) is 0 Å². The SMILES string of the molecule is C#CCNC(=NC)NC(C)CCC1CCCCC1. The van der Waals surface area contributed by atoms with E-state index in [1.54, 1.807) is 7.05 Å². The van der Waals surface area contributed by atoms with Gasteiger partial charge in [0, 0.05) is 13.1 Å². The van der Waals surface area contributed by atoms with Crippen molar-refractivity contribution in [1.82, 2.24) is 10.6 Å². The Kier molecular flexibility index (Phi) is 7.32. The van der Waals surface area contributed by atoms with Crippen molar-refractivity contribution in [2.75, 3.05) is 13.6 Å². The normalized spacial score (nSPS) is 19.1. The van der Waals surface area contributed by atoms with Gasteiger partial charge in [-0.05, 0) is 25.7 Å². The molecule has 1 fully saturated rings. The van der Waals surface area contributed by atoms with E-state index in [9.17, 15) is 0 Å². The molecule has 1 aliphatic carbocycles. The van der Waals surface area contributed by atoms with Gasteiger partial charge in [-0.3, -0.25) is 4.99 Å². The Balaban J connectivity index is 2.19. The molecule has 102 valence electrons. The molecule has 0 bridgehead atoms. The maximum absolute atomic E-state index is 5.22. The Bertz CT molecular complexity index is 285. The summed E-state index contributed by atoms with van der Waals surface area (Å²) in [5.41, 5.74) is 0. The van der Waals surface area contributed by atoms with E-state index < -0.39 is 0 Å². The Morgan fingerprint density at radius 2 is 2.11 bits per heavy atom. The van der Waals surface area contributed by atoms with Crippen LogP contribution in [0.1, 0.15) is 51.9 Å². The minimum Gasteiger partial charge on any atom is -0.354 e. The smallest absolute Gasteiger partial charge is 0.191 e. The first kappa shape index (κ1) is 14.9. The molecule has 1 saturated carbocycles. The maximum atomic E-state index is 5.22. The van der Waals surface area contributed by atoms with Crippen LogP contribution in [-0.2, 0) is 0 Å². The van der Waals surface area contributed by atoms with Crippen molar-refractivity contribution in [1.29, 1.82) is 0 Å². The summed E-state index contributed by atoms with van der Waals surface area (Å²) in [5, 5.41) is 6.48. The van der Waals surface area contributed by atoms with Gasteiger partial charge in [0.05, 0.1) is 6.54 Å². The van der Waals surface area contributed by atoms with Crippen LogP contribution < -0.4 is 10.6 Å². The van der Waals surface area contributed by atoms with Gasteiger partial charge >= 0.3 is 0 Å². The van der Waals surface area contributed by atoms with Gasteiger partial charge in [0.1, 0.15) is 0 Å². The summed E-state index contributed by atoms with van der Waals surface area (Å²) in [5.74, 6) is 4.31. The van der Waals surface area contributed by atoms with Crippen molar-refractivity contribution >= 4 is 5.96 Å². The van der Waals surface area contributed by atoms with Crippen molar-refractivity contribution in [2.45, 2.75) is 57.9 Å². The molecule has 1 unspecified atom stereocenters. The maximum Gasteiger partial charge on any atom is 0.191 e. The van der Waals surface area contributed by atoms with Crippen molar-refractivity contribution in [3.8, 4) is 12.3 Å². The standard InChI is InChI=1S/C15H27N3/c1-4-12-17-15(16-3)18-13(2)10-11-14-8-6-5-7-9-14/h1,13-14H,5-12H2,2-3H3,(H2,16,17,18). The fourth-order valence-electron chi connectivity index (χ4n) is 2.60. The zero-order valence-corrected chi connectivity index (χ0v) is 11.8. The van der Waals surface area contributed by atoms with Crippen molar-refractivity contribution in [2.24, 2.45) is 10.9 Å². The van der Waals surface area contributed by atoms with E-state index in [4.69, 9.17) is 6.42 Å². The molecule has 3 heteroatoms. The molecule has 0 spiro atoms. The Labute approximate surface area is 112 Å². The van der Waals surface area contributed by atoms with E-state index in [2.05, 4.69) is 28.5 Å². The number of hydrogen-bond acceptors (Lipinski definition) is 1. The van der Waals surface area contributed by atoms with E-state index >= 15 is 0 Å². The highest BCUT2D eigenvalue weighted by molar-refractivity contribution is 5.80. The Morgan fingerprint density at radius 1 is 1.39 bits per heavy atom. The highest BCUT2D eigenvalue weighted by atomic mass is 15.2. The minimum atomic E-state index is 0.455. The number of nitrogens with one attached hydrogen (secondary N) is 2. The zero-order chi connectivity index (χ0) is 13.2. The molecule has 0 aliphatic heterocycles. The van der Waals surface area contributed by atoms with Crippen LogP contribution in [0.2, 0.25) is 0 Å². The third kappa shape index (κ3) is 5.95. The lowest BCUT2D eigenvalue weighted by molar-refractivity contribution is 0.322. The molecular formula is C15H27N3. The number of guanidine groups is 1. The van der Waals surface area contributed by atoms with E-state index in [1.165, 1.54) is 44.9 Å². The molecule has 0 amide bonds. The first-order valence-electron chi connectivity index (χ1n) is 7.17. The van der Waals surface area contributed by atoms with E-state index in [1.807, 2.05) is 0 Å². The average Bonchev–Trinajstić information content (AvgIpc) is 2.42. The third-order valence-electron chi connectivity index (χ3n) is 3.70. The topological polar surface area (TPSA) is 36.4 Å². The fraction of sp³-hybridized carbons (Fsp3) is 0.800. The van der Waals surface area contributed by atoms with Gasteiger partial charge in [-0.25, -0.2) is 0 Å². The molecule has 1 rings (SSSR count). The lowest BCUT2D eigenvalue weighted by Crippen LogP contribution is -2.42. The van der Waals surface area contributed by atoms with Gasteiger partial charge in [0.15, 0.2) is 5.96 Å². The van der Waals surface area contributed by atoms with E-state index in [0.29, 0.717) is 12.6 Å². The van der Waals surface area contributed by atoms with Crippen LogP contribution in [0.15, 0.2) is 4.99 Å². The summed E-state index contributed by atoms with van der Waals surface area (Å²) in [4.78, 5) is 4.16. The van der Waals surface area contributed by atoms with Gasteiger partial charge in [-0.1, -0.05) is 38.0 Å². The molecule has 0 aromatic heterocycles. The second-order valence-corrected chi connectivity index (χ2v) is 5.26. The molecule has 0 aromatic rings. The number of aliphatic imine (C=N–C) groups is 1. The van der Waals surface area contributed by atoms with Gasteiger partial charge in [0.2, 0.25) is 0 Å². The molecule has 1 aliphatic rings. The molecule has 0 aromatic carbocycles. The monoisotopic (exact) mass is 249 g/mol. The molecule has 0 saturated heterocycles. The second kappa shape index (κ2) is 8.85. The van der Waals surface area contributed by atoms with Gasteiger partial charge in [-0.15, -0.1) is 6.42 Å². The predicted octanol–water partition coefficient (Wildman–Crippen LogP) is 2.53. The summed E-state index contributed by atoms with van der Waals surface area (Å²) in [6.45, 7) is 2.74. The van der Waals surface area contributed by atoms with Crippen LogP contribution in [0.4, 0.5) is 0 Å². The summed E-state index contributed by atoms with van der Waals surface area (Å²) in [7, 11) is 1.78. The molecule has 1 atom stereocenters. The van der Waals surface area contributed by atoms with Gasteiger partial charge in [0.25, 0.3) is 0 Å². The lowest BCUT2D eigenvalue weighted by atomic mass is 9.85. The van der Waals surface area contributed by atoms with E-state index in [0.717, 1.165) is 11.9 Å². The molecule has 18 heavy (non-hydrogen) atoms. The highest BCUT2D eigenvalue weighted by Crippen LogP contribution is 2.27. The summed E-state index contributed by atoms with van der Waals surface area (Å²) < 4.78 is 0. The fourth-order valence-corrected chi connectivity index (χ4v) is 2.60. The zero-order valence-electron chi connectivity index (χ0n) is 11.8. The van der Waals surface area contributed by atoms with Crippen molar-refractivity contribution in [3.05, 3.63) is 0 Å². The predicted molar refractivity (Wildman–Crippen MR) is 78.6 cm³/mol. The molecule has 0 heterocycles. The van der Waals surface area contributed by atoms with Crippen LogP contribution in [0, 0.1) is 18.3 Å². The summed E-state index contributed by atoms with van der Waals surface area (Å²) in [6, 6.07) is 0.455. The second-order valence-electron chi connectivity index (χ2n) is 5.26. The van der Waals surface area contributed by atoms with Crippen molar-refractivity contribution < 1.29 is 0 Å². The number of terminal acetylenes is 1. The number of nitrogens with zero attached hydrogens (tertiary/aromatic N) is 1. The molecule has 2 N–H and O–H groups in total. The molecular weight excluding hydrogens is 222 g/mol. The van der Waals surface area contributed by atoms with Crippen LogP contribution in [0.3, 0.4) is 0 Å². The van der Waals surface area contributed by atoms with Crippen LogP contribution in [-0.4, -0.2) is 25.6 Å². The highest BCUT2D eigenvalue weighted by Gasteiger charge is 2.14. The first-order valence-corrected chi connectivity index (χ1v) is 7.17.